The maximum atomic E-state index is 12.5. The van der Waals surface area contributed by atoms with Crippen molar-refractivity contribution in [2.24, 2.45) is 11.8 Å². The predicted molar refractivity (Wildman–Crippen MR) is 80.1 cm³/mol. The van der Waals surface area contributed by atoms with Crippen LogP contribution in [0.2, 0.25) is 0 Å². The van der Waals surface area contributed by atoms with Crippen molar-refractivity contribution in [3.05, 3.63) is 18.5 Å². The second-order valence-corrected chi connectivity index (χ2v) is 7.23. The number of hydrogen-bond acceptors (Lipinski definition) is 4. The number of hydrogen-bond donors (Lipinski definition) is 2. The van der Waals surface area contributed by atoms with Crippen LogP contribution in [-0.2, 0) is 10.0 Å². The van der Waals surface area contributed by atoms with Gasteiger partial charge in [0.25, 0.3) is 0 Å². The topological polar surface area (TPSA) is 71.1 Å². The van der Waals surface area contributed by atoms with Gasteiger partial charge in [-0.3, -0.25) is 4.98 Å². The molecule has 2 rings (SSSR count). The molecule has 1 fully saturated rings. The molecule has 6 heteroatoms. The number of rotatable bonds is 5. The van der Waals surface area contributed by atoms with Crippen molar-refractivity contribution in [3.63, 3.8) is 0 Å². The average Bonchev–Trinajstić information content (AvgIpc) is 2.71. The first kappa shape index (κ1) is 15.3. The molecule has 1 aromatic heterocycles. The normalized spacial score (nSPS) is 26.6. The Morgan fingerprint density at radius 1 is 1.35 bits per heavy atom. The fourth-order valence-corrected chi connectivity index (χ4v) is 4.21. The molecular weight excluding hydrogens is 274 g/mol. The van der Waals surface area contributed by atoms with Gasteiger partial charge < -0.3 is 5.32 Å². The largest absolute Gasteiger partial charge is 0.384 e. The molecule has 1 heterocycles. The molecule has 2 N–H and O–H groups in total. The van der Waals surface area contributed by atoms with Gasteiger partial charge in [-0.15, -0.1) is 0 Å². The second-order valence-electron chi connectivity index (χ2n) is 5.54. The molecule has 3 unspecified atom stereocenters. The standard InChI is InChI=1S/C14H23N3O2S/c1-4-16-13-7-8-15-9-14(13)20(18,19)17-12-6-5-10(2)11(12)3/h7-12,17H,4-6H2,1-3H3,(H,15,16). The zero-order valence-corrected chi connectivity index (χ0v) is 13.1. The molecule has 5 nitrogen and oxygen atoms in total. The maximum Gasteiger partial charge on any atom is 0.244 e. The Labute approximate surface area is 121 Å². The summed E-state index contributed by atoms with van der Waals surface area (Å²) in [5.74, 6) is 0.925. The van der Waals surface area contributed by atoms with E-state index >= 15 is 0 Å². The minimum absolute atomic E-state index is 0.0182. The lowest BCUT2D eigenvalue weighted by atomic mass is 9.98. The van der Waals surface area contributed by atoms with Gasteiger partial charge in [0.1, 0.15) is 4.90 Å². The first-order valence-corrected chi connectivity index (χ1v) is 8.64. The molecule has 0 aromatic carbocycles. The first-order valence-electron chi connectivity index (χ1n) is 7.16. The molecule has 0 aliphatic heterocycles. The summed E-state index contributed by atoms with van der Waals surface area (Å²) in [4.78, 5) is 4.17. The Morgan fingerprint density at radius 3 is 2.70 bits per heavy atom. The summed E-state index contributed by atoms with van der Waals surface area (Å²) in [6.07, 6.45) is 4.97. The molecule has 3 atom stereocenters. The van der Waals surface area contributed by atoms with Gasteiger partial charge in [-0.2, -0.15) is 0 Å². The van der Waals surface area contributed by atoms with E-state index in [0.29, 0.717) is 24.1 Å². The van der Waals surface area contributed by atoms with Crippen molar-refractivity contribution in [2.45, 2.75) is 44.6 Å². The zero-order chi connectivity index (χ0) is 14.8. The van der Waals surface area contributed by atoms with Gasteiger partial charge in [-0.25, -0.2) is 13.1 Å². The summed E-state index contributed by atoms with van der Waals surface area (Å²) in [5, 5.41) is 3.07. The summed E-state index contributed by atoms with van der Waals surface area (Å²) in [7, 11) is -3.53. The number of sulfonamides is 1. The van der Waals surface area contributed by atoms with E-state index in [9.17, 15) is 8.42 Å². The molecular formula is C14H23N3O2S. The summed E-state index contributed by atoms with van der Waals surface area (Å²) in [6, 6.07) is 1.71. The van der Waals surface area contributed by atoms with Crippen molar-refractivity contribution in [2.75, 3.05) is 11.9 Å². The van der Waals surface area contributed by atoms with Crippen molar-refractivity contribution in [3.8, 4) is 0 Å². The van der Waals surface area contributed by atoms with E-state index in [0.717, 1.165) is 12.8 Å². The Kier molecular flexibility index (Phi) is 4.65. The van der Waals surface area contributed by atoms with Gasteiger partial charge >= 0.3 is 0 Å². The Morgan fingerprint density at radius 2 is 2.10 bits per heavy atom. The summed E-state index contributed by atoms with van der Waals surface area (Å²) >= 11 is 0. The molecule has 1 aromatic rings. The number of nitrogens with one attached hydrogen (secondary N) is 2. The monoisotopic (exact) mass is 297 g/mol. The van der Waals surface area contributed by atoms with Crippen LogP contribution in [0.5, 0.6) is 0 Å². The molecule has 1 saturated carbocycles. The van der Waals surface area contributed by atoms with Crippen LogP contribution in [0.25, 0.3) is 0 Å². The SMILES string of the molecule is CCNc1ccncc1S(=O)(=O)NC1CCC(C)C1C. The Bertz CT molecular complexity index is 559. The maximum absolute atomic E-state index is 12.5. The van der Waals surface area contributed by atoms with Crippen LogP contribution in [-0.4, -0.2) is 26.0 Å². The summed E-state index contributed by atoms with van der Waals surface area (Å²) in [6.45, 7) is 6.89. The van der Waals surface area contributed by atoms with Crippen LogP contribution >= 0.6 is 0 Å². The molecule has 112 valence electrons. The minimum Gasteiger partial charge on any atom is -0.384 e. The van der Waals surface area contributed by atoms with E-state index in [1.807, 2.05) is 6.92 Å². The number of anilines is 1. The fourth-order valence-electron chi connectivity index (χ4n) is 2.72. The molecule has 0 spiro atoms. The van der Waals surface area contributed by atoms with E-state index in [4.69, 9.17) is 0 Å². The van der Waals surface area contributed by atoms with Crippen LogP contribution in [0.15, 0.2) is 23.4 Å². The summed E-state index contributed by atoms with van der Waals surface area (Å²) in [5.41, 5.74) is 0.605. The van der Waals surface area contributed by atoms with Gasteiger partial charge in [0.05, 0.1) is 5.69 Å². The minimum atomic E-state index is -3.53. The van der Waals surface area contributed by atoms with E-state index in [2.05, 4.69) is 28.9 Å². The van der Waals surface area contributed by atoms with Crippen LogP contribution in [0.4, 0.5) is 5.69 Å². The van der Waals surface area contributed by atoms with E-state index in [-0.39, 0.29) is 10.9 Å². The highest BCUT2D eigenvalue weighted by Gasteiger charge is 2.33. The molecule has 0 saturated heterocycles. The highest BCUT2D eigenvalue weighted by atomic mass is 32.2. The predicted octanol–water partition coefficient (Wildman–Crippen LogP) is 2.23. The van der Waals surface area contributed by atoms with Gasteiger partial charge in [0, 0.05) is 25.0 Å². The van der Waals surface area contributed by atoms with Gasteiger partial charge in [-0.1, -0.05) is 13.8 Å². The second kappa shape index (κ2) is 6.10. The van der Waals surface area contributed by atoms with Gasteiger partial charge in [0.2, 0.25) is 10.0 Å². The van der Waals surface area contributed by atoms with Crippen molar-refractivity contribution < 1.29 is 8.42 Å². The van der Waals surface area contributed by atoms with Gasteiger partial charge in [0.15, 0.2) is 0 Å². The number of nitrogens with zero attached hydrogens (tertiary/aromatic N) is 1. The van der Waals surface area contributed by atoms with E-state index in [1.54, 1.807) is 12.3 Å². The first-order chi connectivity index (χ1) is 9.45. The number of aromatic nitrogens is 1. The summed E-state index contributed by atoms with van der Waals surface area (Å²) < 4.78 is 27.9. The third-order valence-corrected chi connectivity index (χ3v) is 5.73. The van der Waals surface area contributed by atoms with Crippen molar-refractivity contribution in [1.82, 2.24) is 9.71 Å². The number of pyridine rings is 1. The van der Waals surface area contributed by atoms with Crippen LogP contribution in [0.3, 0.4) is 0 Å². The van der Waals surface area contributed by atoms with E-state index < -0.39 is 10.0 Å². The quantitative estimate of drug-likeness (QED) is 0.874. The van der Waals surface area contributed by atoms with Crippen LogP contribution in [0.1, 0.15) is 33.6 Å². The van der Waals surface area contributed by atoms with Crippen LogP contribution in [0, 0.1) is 11.8 Å². The van der Waals surface area contributed by atoms with E-state index in [1.165, 1.54) is 6.20 Å². The fraction of sp³-hybridized carbons (Fsp3) is 0.643. The third-order valence-electron chi connectivity index (χ3n) is 4.21. The smallest absolute Gasteiger partial charge is 0.244 e. The highest BCUT2D eigenvalue weighted by Crippen LogP contribution is 2.32. The van der Waals surface area contributed by atoms with Crippen LogP contribution < -0.4 is 10.0 Å². The van der Waals surface area contributed by atoms with Crippen molar-refractivity contribution in [1.29, 1.82) is 0 Å². The molecule has 1 aliphatic carbocycles. The van der Waals surface area contributed by atoms with Gasteiger partial charge in [-0.05, 0) is 37.7 Å². The molecule has 20 heavy (non-hydrogen) atoms. The molecule has 0 bridgehead atoms. The lowest BCUT2D eigenvalue weighted by Gasteiger charge is -2.20. The average molecular weight is 297 g/mol. The zero-order valence-electron chi connectivity index (χ0n) is 12.3. The lowest BCUT2D eigenvalue weighted by Crippen LogP contribution is -2.37. The Hall–Kier alpha value is -1.14. The highest BCUT2D eigenvalue weighted by molar-refractivity contribution is 7.89. The third kappa shape index (κ3) is 3.12. The molecule has 0 amide bonds. The lowest BCUT2D eigenvalue weighted by molar-refractivity contribution is 0.402. The molecule has 0 radical (unpaired) electrons. The Balaban J connectivity index is 2.23. The molecule has 1 aliphatic rings. The van der Waals surface area contributed by atoms with Crippen molar-refractivity contribution >= 4 is 15.7 Å².